The third-order valence-electron chi connectivity index (χ3n) is 5.88. The minimum absolute atomic E-state index is 0.0234. The summed E-state index contributed by atoms with van der Waals surface area (Å²) in [5.41, 5.74) is 3.61. The summed E-state index contributed by atoms with van der Waals surface area (Å²) in [6.07, 6.45) is 4.02. The summed E-state index contributed by atoms with van der Waals surface area (Å²) in [5.74, 6) is 1.52. The maximum Gasteiger partial charge on any atom is 0.161 e. The molecule has 0 aromatic heterocycles. The van der Waals surface area contributed by atoms with Crippen molar-refractivity contribution in [2.45, 2.75) is 39.1 Å². The second-order valence-corrected chi connectivity index (χ2v) is 8.23. The Bertz CT molecular complexity index is 996. The predicted molar refractivity (Wildman–Crippen MR) is 134 cm³/mol. The monoisotopic (exact) mass is 443 g/mol. The number of benzene rings is 3. The van der Waals surface area contributed by atoms with Crippen LogP contribution in [-0.2, 0) is 4.74 Å². The first-order valence-electron chi connectivity index (χ1n) is 11.7. The van der Waals surface area contributed by atoms with Gasteiger partial charge in [0.25, 0.3) is 0 Å². The van der Waals surface area contributed by atoms with Crippen molar-refractivity contribution in [3.63, 3.8) is 0 Å². The van der Waals surface area contributed by atoms with E-state index in [9.17, 15) is 0 Å². The zero-order valence-electron chi connectivity index (χ0n) is 19.7. The average molecular weight is 444 g/mol. The molecule has 4 nitrogen and oxygen atoms in total. The number of hydrogen-bond donors (Lipinski definition) is 0. The zero-order chi connectivity index (χ0) is 23.0. The molecule has 1 saturated heterocycles. The largest absolute Gasteiger partial charge is 0.490 e. The lowest BCUT2D eigenvalue weighted by molar-refractivity contribution is -0.00957. The van der Waals surface area contributed by atoms with Gasteiger partial charge in [-0.3, -0.25) is 4.90 Å². The molecule has 172 valence electrons. The van der Waals surface area contributed by atoms with Crippen molar-refractivity contribution in [1.29, 1.82) is 0 Å². The molecule has 1 aliphatic rings. The first kappa shape index (κ1) is 23.1. The number of rotatable bonds is 9. The third kappa shape index (κ3) is 5.65. The van der Waals surface area contributed by atoms with Crippen molar-refractivity contribution in [1.82, 2.24) is 4.90 Å². The van der Waals surface area contributed by atoms with Gasteiger partial charge in [-0.25, -0.2) is 0 Å². The predicted octanol–water partition coefficient (Wildman–Crippen LogP) is 6.33. The molecule has 3 aromatic rings. The number of hydrogen-bond acceptors (Lipinski definition) is 4. The van der Waals surface area contributed by atoms with Crippen molar-refractivity contribution < 1.29 is 14.2 Å². The maximum atomic E-state index is 6.34. The molecule has 4 heteroatoms. The summed E-state index contributed by atoms with van der Waals surface area (Å²) in [7, 11) is 0. The second kappa shape index (κ2) is 11.2. The Kier molecular flexibility index (Phi) is 7.82. The van der Waals surface area contributed by atoms with Gasteiger partial charge in [-0.2, -0.15) is 0 Å². The summed E-state index contributed by atoms with van der Waals surface area (Å²) in [5, 5.41) is 0. The molecule has 0 radical (unpaired) electrons. The molecule has 4 rings (SSSR count). The molecule has 2 atom stereocenters. The Balaban J connectivity index is 1.51. The van der Waals surface area contributed by atoms with E-state index >= 15 is 0 Å². The van der Waals surface area contributed by atoms with E-state index in [-0.39, 0.29) is 18.4 Å². The molecule has 1 heterocycles. The van der Waals surface area contributed by atoms with Crippen LogP contribution in [0.25, 0.3) is 6.08 Å². The molecule has 0 amide bonds. The van der Waals surface area contributed by atoms with Gasteiger partial charge in [0.15, 0.2) is 11.5 Å². The molecule has 0 aliphatic carbocycles. The van der Waals surface area contributed by atoms with Gasteiger partial charge in [0, 0.05) is 6.54 Å². The summed E-state index contributed by atoms with van der Waals surface area (Å²) >= 11 is 0. The van der Waals surface area contributed by atoms with Crippen molar-refractivity contribution in [2.24, 2.45) is 0 Å². The van der Waals surface area contributed by atoms with E-state index in [4.69, 9.17) is 14.2 Å². The Morgan fingerprint density at radius 2 is 1.61 bits per heavy atom. The minimum atomic E-state index is -0.0326. The molecule has 0 spiro atoms. The SMILES string of the molecule is C/C=C/c1ccc(OCC)c(OCC2CN(C(c3ccccc3)c3ccccc3)C(C)O2)c1. The number of allylic oxidation sites excluding steroid dienone is 1. The van der Waals surface area contributed by atoms with Crippen LogP contribution in [0.2, 0.25) is 0 Å². The van der Waals surface area contributed by atoms with Gasteiger partial charge >= 0.3 is 0 Å². The maximum absolute atomic E-state index is 6.34. The zero-order valence-corrected chi connectivity index (χ0v) is 19.7. The van der Waals surface area contributed by atoms with Gasteiger partial charge < -0.3 is 14.2 Å². The summed E-state index contributed by atoms with van der Waals surface area (Å²) in [6.45, 7) is 7.97. The van der Waals surface area contributed by atoms with Crippen LogP contribution >= 0.6 is 0 Å². The van der Waals surface area contributed by atoms with Crippen LogP contribution in [0.5, 0.6) is 11.5 Å². The fraction of sp³-hybridized carbons (Fsp3) is 0.310. The Labute approximate surface area is 197 Å². The van der Waals surface area contributed by atoms with Crippen LogP contribution in [0.3, 0.4) is 0 Å². The van der Waals surface area contributed by atoms with Gasteiger partial charge in [-0.1, -0.05) is 78.9 Å². The van der Waals surface area contributed by atoms with Crippen LogP contribution in [0, 0.1) is 0 Å². The highest BCUT2D eigenvalue weighted by Gasteiger charge is 2.36. The van der Waals surface area contributed by atoms with E-state index in [1.54, 1.807) is 0 Å². The van der Waals surface area contributed by atoms with E-state index in [2.05, 4.69) is 78.6 Å². The van der Waals surface area contributed by atoms with E-state index < -0.39 is 0 Å². The lowest BCUT2D eigenvalue weighted by Gasteiger charge is -2.30. The smallest absolute Gasteiger partial charge is 0.161 e. The van der Waals surface area contributed by atoms with Gasteiger partial charge in [0.2, 0.25) is 0 Å². The van der Waals surface area contributed by atoms with Crippen LogP contribution < -0.4 is 9.47 Å². The molecule has 0 N–H and O–H groups in total. The van der Waals surface area contributed by atoms with Gasteiger partial charge in [0.1, 0.15) is 18.9 Å². The highest BCUT2D eigenvalue weighted by molar-refractivity contribution is 5.55. The van der Waals surface area contributed by atoms with Gasteiger partial charge in [-0.05, 0) is 49.6 Å². The molecular weight excluding hydrogens is 410 g/mol. The summed E-state index contributed by atoms with van der Waals surface area (Å²) < 4.78 is 18.4. The van der Waals surface area contributed by atoms with Crippen molar-refractivity contribution >= 4 is 6.08 Å². The quantitative estimate of drug-likeness (QED) is 0.386. The lowest BCUT2D eigenvalue weighted by atomic mass is 9.97. The van der Waals surface area contributed by atoms with Crippen LogP contribution in [-0.4, -0.2) is 37.0 Å². The second-order valence-electron chi connectivity index (χ2n) is 8.23. The van der Waals surface area contributed by atoms with E-state index in [0.717, 1.165) is 23.6 Å². The molecule has 0 saturated carbocycles. The molecular formula is C29H33NO3. The first-order chi connectivity index (χ1) is 16.2. The molecule has 33 heavy (non-hydrogen) atoms. The van der Waals surface area contributed by atoms with E-state index in [1.165, 1.54) is 11.1 Å². The first-order valence-corrected chi connectivity index (χ1v) is 11.7. The standard InChI is InChI=1S/C29H33NO3/c1-4-12-23-17-18-27(31-5-2)28(19-23)32-21-26-20-30(22(3)33-26)29(24-13-8-6-9-14-24)25-15-10-7-11-16-25/h4,6-19,22,26,29H,5,20-21H2,1-3H3/b12-4+. The summed E-state index contributed by atoms with van der Waals surface area (Å²) in [6, 6.07) is 27.4. The van der Waals surface area contributed by atoms with Crippen molar-refractivity contribution in [3.8, 4) is 11.5 Å². The Morgan fingerprint density at radius 1 is 0.939 bits per heavy atom. The van der Waals surface area contributed by atoms with Gasteiger partial charge in [-0.15, -0.1) is 0 Å². The fourth-order valence-electron chi connectivity index (χ4n) is 4.43. The Morgan fingerprint density at radius 3 is 2.21 bits per heavy atom. The lowest BCUT2D eigenvalue weighted by Crippen LogP contribution is -2.33. The van der Waals surface area contributed by atoms with Crippen LogP contribution in [0.1, 0.15) is 43.5 Å². The molecule has 3 aromatic carbocycles. The van der Waals surface area contributed by atoms with E-state index in [1.807, 2.05) is 38.1 Å². The molecule has 0 bridgehead atoms. The molecule has 2 unspecified atom stereocenters. The summed E-state index contributed by atoms with van der Waals surface area (Å²) in [4.78, 5) is 2.42. The minimum Gasteiger partial charge on any atom is -0.490 e. The molecule has 1 aliphatic heterocycles. The van der Waals surface area contributed by atoms with E-state index in [0.29, 0.717) is 13.2 Å². The third-order valence-corrected chi connectivity index (χ3v) is 5.88. The highest BCUT2D eigenvalue weighted by atomic mass is 16.6. The van der Waals surface area contributed by atoms with Crippen LogP contribution in [0.15, 0.2) is 84.9 Å². The Hall–Kier alpha value is -3.08. The van der Waals surface area contributed by atoms with Crippen LogP contribution in [0.4, 0.5) is 0 Å². The molecule has 1 fully saturated rings. The van der Waals surface area contributed by atoms with Crippen molar-refractivity contribution in [3.05, 3.63) is 102 Å². The topological polar surface area (TPSA) is 30.9 Å². The normalized spacial score (nSPS) is 18.8. The number of nitrogens with zero attached hydrogens (tertiary/aromatic N) is 1. The average Bonchev–Trinajstić information content (AvgIpc) is 3.21. The highest BCUT2D eigenvalue weighted by Crippen LogP contribution is 2.35. The van der Waals surface area contributed by atoms with Gasteiger partial charge in [0.05, 0.1) is 12.6 Å². The fourth-order valence-corrected chi connectivity index (χ4v) is 4.43. The number of ether oxygens (including phenoxy) is 3. The van der Waals surface area contributed by atoms with Crippen molar-refractivity contribution in [2.75, 3.05) is 19.8 Å².